The molecule has 3 aromatic rings. The molecule has 0 radical (unpaired) electrons. The van der Waals surface area contributed by atoms with Gasteiger partial charge in [0.15, 0.2) is 5.60 Å². The zero-order valence-corrected chi connectivity index (χ0v) is 20.5. The Bertz CT molecular complexity index is 1210. The summed E-state index contributed by atoms with van der Waals surface area (Å²) in [5.41, 5.74) is 5.06. The third kappa shape index (κ3) is 5.10. The van der Waals surface area contributed by atoms with Crippen molar-refractivity contribution in [1.82, 2.24) is 0 Å². The number of ether oxygens (including phenoxy) is 3. The summed E-state index contributed by atoms with van der Waals surface area (Å²) in [6.45, 7) is 6.93. The van der Waals surface area contributed by atoms with Crippen LogP contribution >= 0.6 is 0 Å². The maximum Gasteiger partial charge on any atom is 0.340 e. The van der Waals surface area contributed by atoms with Crippen molar-refractivity contribution in [3.63, 3.8) is 0 Å². The highest BCUT2D eigenvalue weighted by Crippen LogP contribution is 2.45. The van der Waals surface area contributed by atoms with Gasteiger partial charge in [0.2, 0.25) is 0 Å². The maximum atomic E-state index is 11.7. The van der Waals surface area contributed by atoms with Gasteiger partial charge in [-0.25, -0.2) is 4.79 Å². The van der Waals surface area contributed by atoms with E-state index in [1.807, 2.05) is 6.07 Å². The fraction of sp³-hybridized carbons (Fsp3) is 0.300. The standard InChI is InChI=1S/C30H32O5/c1-4-6-18-33-23-15-16-26-27(24-9-7-8-10-25(24)28(26)20-23)17-19-34-22-13-11-21(12-14-22)30(3,29(31)32)35-5-2/h7-17,20H,4-6,18-19H2,1-3H3,(H,31,32). The second kappa shape index (κ2) is 10.8. The number of aliphatic carboxylic acids is 1. The molecule has 0 heterocycles. The highest BCUT2D eigenvalue weighted by molar-refractivity contribution is 6.01. The minimum Gasteiger partial charge on any atom is -0.494 e. The number of fused-ring (bicyclic) bond motifs is 3. The SMILES string of the molecule is CCCCOc1ccc2c(c1)-c1ccccc1C2=CCOc1ccc(C(C)(OCC)C(=O)O)cc1. The van der Waals surface area contributed by atoms with Gasteiger partial charge in [0, 0.05) is 6.61 Å². The van der Waals surface area contributed by atoms with Crippen LogP contribution in [0.5, 0.6) is 11.5 Å². The zero-order chi connectivity index (χ0) is 24.8. The molecule has 0 aromatic heterocycles. The Balaban J connectivity index is 1.52. The van der Waals surface area contributed by atoms with E-state index >= 15 is 0 Å². The van der Waals surface area contributed by atoms with Gasteiger partial charge in [-0.15, -0.1) is 0 Å². The first-order chi connectivity index (χ1) is 17.0. The highest BCUT2D eigenvalue weighted by Gasteiger charge is 2.36. The monoisotopic (exact) mass is 472 g/mol. The van der Waals surface area contributed by atoms with E-state index in [1.54, 1.807) is 38.1 Å². The van der Waals surface area contributed by atoms with Crippen molar-refractivity contribution in [2.45, 2.75) is 39.2 Å². The number of carboxylic acid groups (broad SMARTS) is 1. The van der Waals surface area contributed by atoms with E-state index in [1.165, 1.54) is 22.3 Å². The van der Waals surface area contributed by atoms with E-state index in [0.29, 0.717) is 24.5 Å². The molecule has 182 valence electrons. The Morgan fingerprint density at radius 1 is 0.886 bits per heavy atom. The molecule has 1 unspecified atom stereocenters. The van der Waals surface area contributed by atoms with Gasteiger partial charge in [0.25, 0.3) is 0 Å². The first-order valence-electron chi connectivity index (χ1n) is 12.2. The summed E-state index contributed by atoms with van der Waals surface area (Å²) in [4.78, 5) is 11.7. The average Bonchev–Trinajstić information content (AvgIpc) is 3.18. The first-order valence-corrected chi connectivity index (χ1v) is 12.2. The first kappa shape index (κ1) is 24.6. The van der Waals surface area contributed by atoms with Crippen LogP contribution in [0, 0.1) is 0 Å². The van der Waals surface area contributed by atoms with Crippen molar-refractivity contribution in [1.29, 1.82) is 0 Å². The van der Waals surface area contributed by atoms with Gasteiger partial charge >= 0.3 is 5.97 Å². The number of hydrogen-bond donors (Lipinski definition) is 1. The molecule has 3 aromatic carbocycles. The molecule has 0 spiro atoms. The summed E-state index contributed by atoms with van der Waals surface area (Å²) in [6.07, 6.45) is 4.24. The molecule has 0 amide bonds. The van der Waals surface area contributed by atoms with Crippen molar-refractivity contribution in [2.75, 3.05) is 19.8 Å². The second-order valence-corrected chi connectivity index (χ2v) is 8.68. The molecular weight excluding hydrogens is 440 g/mol. The number of unbranched alkanes of at least 4 members (excludes halogenated alkanes) is 1. The smallest absolute Gasteiger partial charge is 0.340 e. The maximum absolute atomic E-state index is 11.7. The van der Waals surface area contributed by atoms with E-state index in [2.05, 4.69) is 49.4 Å². The van der Waals surface area contributed by atoms with Gasteiger partial charge in [0.05, 0.1) is 6.61 Å². The molecule has 1 aliphatic rings. The lowest BCUT2D eigenvalue weighted by molar-refractivity contribution is -0.164. The Labute approximate surface area is 207 Å². The van der Waals surface area contributed by atoms with Gasteiger partial charge in [-0.05, 0) is 84.0 Å². The minimum atomic E-state index is -1.38. The quantitative estimate of drug-likeness (QED) is 0.246. The highest BCUT2D eigenvalue weighted by atomic mass is 16.5. The van der Waals surface area contributed by atoms with Crippen LogP contribution in [0.15, 0.2) is 72.8 Å². The lowest BCUT2D eigenvalue weighted by Crippen LogP contribution is -2.35. The van der Waals surface area contributed by atoms with Crippen LogP contribution in [0.3, 0.4) is 0 Å². The molecule has 0 fully saturated rings. The van der Waals surface area contributed by atoms with E-state index in [9.17, 15) is 9.90 Å². The van der Waals surface area contributed by atoms with E-state index in [-0.39, 0.29) is 0 Å². The molecule has 4 rings (SSSR count). The van der Waals surface area contributed by atoms with Crippen LogP contribution in [-0.2, 0) is 15.1 Å². The van der Waals surface area contributed by atoms with Crippen LogP contribution < -0.4 is 9.47 Å². The van der Waals surface area contributed by atoms with Gasteiger partial charge in [-0.3, -0.25) is 0 Å². The normalized spacial score (nSPS) is 14.8. The van der Waals surface area contributed by atoms with Crippen molar-refractivity contribution < 1.29 is 24.1 Å². The average molecular weight is 473 g/mol. The third-order valence-corrected chi connectivity index (χ3v) is 6.34. The summed E-state index contributed by atoms with van der Waals surface area (Å²) in [6, 6.07) is 21.7. The van der Waals surface area contributed by atoms with Crippen molar-refractivity contribution >= 4 is 11.5 Å². The summed E-state index contributed by atoms with van der Waals surface area (Å²) in [5, 5.41) is 9.61. The zero-order valence-electron chi connectivity index (χ0n) is 20.5. The van der Waals surface area contributed by atoms with Crippen molar-refractivity contribution in [2.24, 2.45) is 0 Å². The summed E-state index contributed by atoms with van der Waals surface area (Å²) in [5.74, 6) is 0.543. The topological polar surface area (TPSA) is 65.0 Å². The van der Waals surface area contributed by atoms with Gasteiger partial charge in [0.1, 0.15) is 18.1 Å². The van der Waals surface area contributed by atoms with Crippen LogP contribution in [-0.4, -0.2) is 30.9 Å². The van der Waals surface area contributed by atoms with Gasteiger partial charge in [-0.1, -0.05) is 55.8 Å². The number of benzene rings is 3. The predicted octanol–water partition coefficient (Wildman–Crippen LogP) is 6.69. The third-order valence-electron chi connectivity index (χ3n) is 6.34. The molecule has 0 aliphatic heterocycles. The lowest BCUT2D eigenvalue weighted by Gasteiger charge is -2.25. The molecule has 5 nitrogen and oxygen atoms in total. The summed E-state index contributed by atoms with van der Waals surface area (Å²) < 4.78 is 17.4. The Morgan fingerprint density at radius 3 is 2.26 bits per heavy atom. The molecule has 0 saturated heterocycles. The molecule has 1 N–H and O–H groups in total. The number of carbonyl (C=O) groups is 1. The predicted molar refractivity (Wildman–Crippen MR) is 138 cm³/mol. The molecule has 5 heteroatoms. The van der Waals surface area contributed by atoms with Crippen molar-refractivity contribution in [3.8, 4) is 22.6 Å². The molecule has 1 aliphatic carbocycles. The lowest BCUT2D eigenvalue weighted by atomic mass is 9.96. The van der Waals surface area contributed by atoms with Crippen LogP contribution in [0.25, 0.3) is 16.7 Å². The number of rotatable bonds is 11. The Kier molecular flexibility index (Phi) is 7.57. The molecule has 0 saturated carbocycles. The molecular formula is C30H32O5. The summed E-state index contributed by atoms with van der Waals surface area (Å²) in [7, 11) is 0. The van der Waals surface area contributed by atoms with E-state index in [4.69, 9.17) is 14.2 Å². The van der Waals surface area contributed by atoms with Gasteiger partial charge < -0.3 is 19.3 Å². The fourth-order valence-electron chi connectivity index (χ4n) is 4.37. The van der Waals surface area contributed by atoms with E-state index in [0.717, 1.165) is 30.8 Å². The van der Waals surface area contributed by atoms with Crippen LogP contribution in [0.1, 0.15) is 50.3 Å². The van der Waals surface area contributed by atoms with Crippen molar-refractivity contribution in [3.05, 3.63) is 89.5 Å². The number of carboxylic acids is 1. The molecule has 1 atom stereocenters. The second-order valence-electron chi connectivity index (χ2n) is 8.68. The largest absolute Gasteiger partial charge is 0.494 e. The minimum absolute atomic E-state index is 0.309. The Morgan fingerprint density at radius 2 is 1.57 bits per heavy atom. The fourth-order valence-corrected chi connectivity index (χ4v) is 4.37. The van der Waals surface area contributed by atoms with Gasteiger partial charge in [-0.2, -0.15) is 0 Å². The molecule has 35 heavy (non-hydrogen) atoms. The summed E-state index contributed by atoms with van der Waals surface area (Å²) >= 11 is 0. The molecule has 0 bridgehead atoms. The van der Waals surface area contributed by atoms with Crippen LogP contribution in [0.4, 0.5) is 0 Å². The number of hydrogen-bond acceptors (Lipinski definition) is 4. The Hall–Kier alpha value is -3.57. The van der Waals surface area contributed by atoms with E-state index < -0.39 is 11.6 Å². The van der Waals surface area contributed by atoms with Crippen LogP contribution in [0.2, 0.25) is 0 Å².